The van der Waals surface area contributed by atoms with Gasteiger partial charge in [0, 0.05) is 5.69 Å². The summed E-state index contributed by atoms with van der Waals surface area (Å²) in [4.78, 5) is 2.51. The lowest BCUT2D eigenvalue weighted by atomic mass is 9.83. The topological polar surface area (TPSA) is 3.24 Å². The van der Waals surface area contributed by atoms with Crippen LogP contribution in [0, 0.1) is 0 Å². The Balaban J connectivity index is 1.83. The number of hydrogen-bond donors (Lipinski definition) is 0. The Labute approximate surface area is 124 Å². The van der Waals surface area contributed by atoms with Gasteiger partial charge < -0.3 is 4.90 Å². The van der Waals surface area contributed by atoms with Crippen molar-refractivity contribution in [3.63, 3.8) is 0 Å². The molecule has 4 aliphatic rings. The van der Waals surface area contributed by atoms with Crippen molar-refractivity contribution in [1.29, 1.82) is 0 Å². The van der Waals surface area contributed by atoms with Crippen molar-refractivity contribution in [2.24, 2.45) is 0 Å². The van der Waals surface area contributed by atoms with Crippen LogP contribution in [0.3, 0.4) is 0 Å². The van der Waals surface area contributed by atoms with Crippen molar-refractivity contribution in [2.45, 2.75) is 12.5 Å². The maximum absolute atomic E-state index is 2.51. The summed E-state index contributed by atoms with van der Waals surface area (Å²) in [5, 5.41) is 0. The maximum atomic E-state index is 2.51. The third-order valence-electron chi connectivity index (χ3n) is 4.61. The first-order valence-corrected chi connectivity index (χ1v) is 7.48. The van der Waals surface area contributed by atoms with Gasteiger partial charge in [0.25, 0.3) is 0 Å². The molecule has 1 aromatic rings. The van der Waals surface area contributed by atoms with Crippen LogP contribution in [0.25, 0.3) is 6.08 Å². The van der Waals surface area contributed by atoms with E-state index in [2.05, 4.69) is 77.8 Å². The van der Waals surface area contributed by atoms with Crippen LogP contribution in [0.2, 0.25) is 0 Å². The molecule has 1 aromatic carbocycles. The number of hydrogen-bond acceptors (Lipinski definition) is 1. The highest BCUT2D eigenvalue weighted by Gasteiger charge is 2.34. The lowest BCUT2D eigenvalue weighted by molar-refractivity contribution is 0.821. The molecule has 0 radical (unpaired) electrons. The first-order chi connectivity index (χ1) is 10.4. The smallest absolute Gasteiger partial charge is 0.0779 e. The van der Waals surface area contributed by atoms with E-state index in [4.69, 9.17) is 0 Å². The largest absolute Gasteiger partial charge is 0.329 e. The van der Waals surface area contributed by atoms with Crippen molar-refractivity contribution in [3.8, 4) is 0 Å². The van der Waals surface area contributed by atoms with E-state index < -0.39 is 0 Å². The van der Waals surface area contributed by atoms with Gasteiger partial charge in [-0.05, 0) is 40.8 Å². The molecule has 2 heterocycles. The van der Waals surface area contributed by atoms with Crippen LogP contribution in [0.5, 0.6) is 0 Å². The Bertz CT molecular complexity index is 827. The zero-order chi connectivity index (χ0) is 13.8. The Morgan fingerprint density at radius 3 is 2.95 bits per heavy atom. The van der Waals surface area contributed by atoms with Gasteiger partial charge in [-0.25, -0.2) is 0 Å². The molecule has 100 valence electrons. The van der Waals surface area contributed by atoms with E-state index in [1.165, 1.54) is 33.7 Å². The Morgan fingerprint density at radius 2 is 1.95 bits per heavy atom. The zero-order valence-electron chi connectivity index (χ0n) is 11.7. The number of rotatable bonds is 0. The fourth-order valence-electron chi connectivity index (χ4n) is 3.73. The average Bonchev–Trinajstić information content (AvgIpc) is 2.54. The first-order valence-electron chi connectivity index (χ1n) is 7.48. The first kappa shape index (κ1) is 11.2. The molecule has 0 spiro atoms. The molecule has 2 aliphatic carbocycles. The quantitative estimate of drug-likeness (QED) is 0.668. The lowest BCUT2D eigenvalue weighted by Gasteiger charge is -2.44. The third kappa shape index (κ3) is 1.46. The highest BCUT2D eigenvalue weighted by Crippen LogP contribution is 2.45. The van der Waals surface area contributed by atoms with Gasteiger partial charge >= 0.3 is 0 Å². The van der Waals surface area contributed by atoms with Gasteiger partial charge in [0.2, 0.25) is 0 Å². The standard InChI is InChI=1S/C20H15N/c1-3-10-18-14(6-1)12-16-8-5-9-17-13-15-7-2-4-11-19(15)21(18)20(16)17/h1-8,10-13,19H,9H2. The van der Waals surface area contributed by atoms with Crippen molar-refractivity contribution in [1.82, 2.24) is 0 Å². The van der Waals surface area contributed by atoms with Gasteiger partial charge in [-0.1, -0.05) is 60.7 Å². The molecule has 5 rings (SSSR count). The molecule has 21 heavy (non-hydrogen) atoms. The second-order valence-corrected chi connectivity index (χ2v) is 5.84. The van der Waals surface area contributed by atoms with Crippen LogP contribution >= 0.6 is 0 Å². The molecule has 1 nitrogen and oxygen atoms in total. The van der Waals surface area contributed by atoms with Gasteiger partial charge in [0.15, 0.2) is 0 Å². The molecular formula is C20H15N. The van der Waals surface area contributed by atoms with Crippen LogP contribution in [-0.2, 0) is 0 Å². The molecule has 1 unspecified atom stereocenters. The zero-order valence-corrected chi connectivity index (χ0v) is 11.7. The van der Waals surface area contributed by atoms with Gasteiger partial charge in [0.1, 0.15) is 0 Å². The van der Waals surface area contributed by atoms with Crippen molar-refractivity contribution in [2.75, 3.05) is 4.90 Å². The fourth-order valence-corrected chi connectivity index (χ4v) is 3.73. The summed E-state index contributed by atoms with van der Waals surface area (Å²) >= 11 is 0. The lowest BCUT2D eigenvalue weighted by Crippen LogP contribution is -2.40. The van der Waals surface area contributed by atoms with Crippen molar-refractivity contribution >= 4 is 11.8 Å². The molecule has 2 aliphatic heterocycles. The normalized spacial score (nSPS) is 24.2. The van der Waals surface area contributed by atoms with Crippen LogP contribution in [-0.4, -0.2) is 6.04 Å². The highest BCUT2D eigenvalue weighted by molar-refractivity contribution is 5.85. The minimum atomic E-state index is 0.324. The monoisotopic (exact) mass is 269 g/mol. The molecule has 0 fully saturated rings. The van der Waals surface area contributed by atoms with E-state index >= 15 is 0 Å². The third-order valence-corrected chi connectivity index (χ3v) is 4.61. The SMILES string of the molecule is C1=CC2=CC3=C4C(=Cc5ccccc5N4C2C=C1)C=CC3. The molecule has 0 saturated carbocycles. The Kier molecular flexibility index (Phi) is 2.12. The number of fused-ring (bicyclic) bond motifs is 4. The van der Waals surface area contributed by atoms with E-state index in [0.29, 0.717) is 6.04 Å². The van der Waals surface area contributed by atoms with E-state index in [0.717, 1.165) is 6.42 Å². The molecule has 0 saturated heterocycles. The molecule has 0 bridgehead atoms. The minimum absolute atomic E-state index is 0.324. The van der Waals surface area contributed by atoms with Crippen molar-refractivity contribution in [3.05, 3.63) is 94.8 Å². The summed E-state index contributed by atoms with van der Waals surface area (Å²) in [6, 6.07) is 9.03. The number of allylic oxidation sites excluding steroid dienone is 6. The summed E-state index contributed by atoms with van der Waals surface area (Å²) in [6.45, 7) is 0. The maximum Gasteiger partial charge on any atom is 0.0779 e. The predicted molar refractivity (Wildman–Crippen MR) is 87.8 cm³/mol. The summed E-state index contributed by atoms with van der Waals surface area (Å²) in [5.74, 6) is 0. The Hall–Kier alpha value is -2.54. The number of nitrogens with zero attached hydrogens (tertiary/aromatic N) is 1. The summed E-state index contributed by atoms with van der Waals surface area (Å²) in [7, 11) is 0. The second-order valence-electron chi connectivity index (χ2n) is 5.84. The van der Waals surface area contributed by atoms with Crippen LogP contribution < -0.4 is 4.90 Å². The molecule has 0 amide bonds. The minimum Gasteiger partial charge on any atom is -0.329 e. The summed E-state index contributed by atoms with van der Waals surface area (Å²) in [5.41, 5.74) is 8.19. The molecule has 0 aromatic heterocycles. The van der Waals surface area contributed by atoms with Gasteiger partial charge in [-0.2, -0.15) is 0 Å². The average molecular weight is 269 g/mol. The molecular weight excluding hydrogens is 254 g/mol. The van der Waals surface area contributed by atoms with Crippen LogP contribution in [0.1, 0.15) is 12.0 Å². The number of benzene rings is 1. The second kappa shape index (κ2) is 3.98. The van der Waals surface area contributed by atoms with Crippen molar-refractivity contribution < 1.29 is 0 Å². The summed E-state index contributed by atoms with van der Waals surface area (Å²) in [6.07, 6.45) is 19.1. The molecule has 1 heteroatoms. The fraction of sp³-hybridized carbons (Fsp3) is 0.100. The van der Waals surface area contributed by atoms with Gasteiger partial charge in [-0.3, -0.25) is 0 Å². The number of para-hydroxylation sites is 1. The highest BCUT2D eigenvalue weighted by atomic mass is 15.2. The molecule has 0 N–H and O–H groups in total. The number of anilines is 1. The van der Waals surface area contributed by atoms with Gasteiger partial charge in [0.05, 0.1) is 11.7 Å². The van der Waals surface area contributed by atoms with E-state index in [1.54, 1.807) is 0 Å². The van der Waals surface area contributed by atoms with Gasteiger partial charge in [-0.15, -0.1) is 0 Å². The Morgan fingerprint density at radius 1 is 1.00 bits per heavy atom. The molecule has 1 atom stereocenters. The van der Waals surface area contributed by atoms with Crippen LogP contribution in [0.15, 0.2) is 89.2 Å². The van der Waals surface area contributed by atoms with Crippen LogP contribution in [0.4, 0.5) is 5.69 Å². The van der Waals surface area contributed by atoms with E-state index in [9.17, 15) is 0 Å². The van der Waals surface area contributed by atoms with E-state index in [-0.39, 0.29) is 0 Å². The summed E-state index contributed by atoms with van der Waals surface area (Å²) < 4.78 is 0. The van der Waals surface area contributed by atoms with E-state index in [1.807, 2.05) is 0 Å². The predicted octanol–water partition coefficient (Wildman–Crippen LogP) is 4.54.